The van der Waals surface area contributed by atoms with E-state index in [0.29, 0.717) is 28.2 Å². The van der Waals surface area contributed by atoms with Crippen LogP contribution < -0.4 is 4.74 Å². The summed E-state index contributed by atoms with van der Waals surface area (Å²) < 4.78 is 7.52. The highest BCUT2D eigenvalue weighted by atomic mass is 79.9. The minimum atomic E-state index is -0.199. The number of methoxy groups -OCH3 is 1. The first-order valence-electron chi connectivity index (χ1n) is 5.94. The maximum Gasteiger partial charge on any atom is 0.234 e. The maximum absolute atomic E-state index is 12.6. The molecular weight excluding hydrogens is 310 g/mol. The van der Waals surface area contributed by atoms with E-state index in [0.717, 1.165) is 6.42 Å². The van der Waals surface area contributed by atoms with Gasteiger partial charge in [-0.05, 0) is 34.5 Å². The molecule has 0 aliphatic heterocycles. The molecule has 2 heterocycles. The summed E-state index contributed by atoms with van der Waals surface area (Å²) in [6.07, 6.45) is 4.03. The predicted molar refractivity (Wildman–Crippen MR) is 74.4 cm³/mol. The van der Waals surface area contributed by atoms with Gasteiger partial charge in [0.2, 0.25) is 5.78 Å². The van der Waals surface area contributed by atoms with E-state index < -0.39 is 0 Å². The molecule has 6 heteroatoms. The molecule has 0 aliphatic carbocycles. The van der Waals surface area contributed by atoms with E-state index in [1.807, 2.05) is 6.92 Å². The number of pyridine rings is 1. The molecule has 2 aromatic rings. The standard InChI is InChI=1S/C13H14BrN3O2/c1-3-7-17-12(10(19-2)8-16-17)13(18)11-9(14)5-4-6-15-11/h4-6,8H,3,7H2,1-2H3. The molecule has 0 fully saturated rings. The van der Waals surface area contributed by atoms with Gasteiger partial charge in [-0.3, -0.25) is 14.5 Å². The van der Waals surface area contributed by atoms with Crippen LogP contribution in [-0.4, -0.2) is 27.7 Å². The average molecular weight is 324 g/mol. The average Bonchev–Trinajstić information content (AvgIpc) is 2.82. The molecular formula is C13H14BrN3O2. The highest BCUT2D eigenvalue weighted by molar-refractivity contribution is 9.10. The van der Waals surface area contributed by atoms with Crippen LogP contribution in [0, 0.1) is 0 Å². The summed E-state index contributed by atoms with van der Waals surface area (Å²) in [4.78, 5) is 16.7. The third kappa shape index (κ3) is 2.68. The first kappa shape index (κ1) is 13.7. The van der Waals surface area contributed by atoms with Gasteiger partial charge in [-0.2, -0.15) is 5.10 Å². The summed E-state index contributed by atoms with van der Waals surface area (Å²) in [6, 6.07) is 3.55. The number of carbonyl (C=O) groups excluding carboxylic acids is 1. The van der Waals surface area contributed by atoms with Crippen LogP contribution in [0.1, 0.15) is 29.5 Å². The number of ether oxygens (including phenoxy) is 1. The van der Waals surface area contributed by atoms with Gasteiger partial charge in [-0.25, -0.2) is 0 Å². The molecule has 0 radical (unpaired) electrons. The molecule has 5 nitrogen and oxygen atoms in total. The fraction of sp³-hybridized carbons (Fsp3) is 0.308. The zero-order valence-corrected chi connectivity index (χ0v) is 12.3. The molecule has 0 aliphatic rings. The smallest absolute Gasteiger partial charge is 0.234 e. The monoisotopic (exact) mass is 323 g/mol. The first-order chi connectivity index (χ1) is 9.19. The van der Waals surface area contributed by atoms with Crippen molar-refractivity contribution in [3.63, 3.8) is 0 Å². The molecule has 0 saturated heterocycles. The number of ketones is 1. The molecule has 100 valence electrons. The van der Waals surface area contributed by atoms with E-state index in [-0.39, 0.29) is 5.78 Å². The number of carbonyl (C=O) groups is 1. The SMILES string of the molecule is CCCn1ncc(OC)c1C(=O)c1ncccc1Br. The van der Waals surface area contributed by atoms with Crippen molar-refractivity contribution in [2.45, 2.75) is 19.9 Å². The van der Waals surface area contributed by atoms with Crippen molar-refractivity contribution in [1.29, 1.82) is 0 Å². The summed E-state index contributed by atoms with van der Waals surface area (Å²) in [7, 11) is 1.53. The zero-order chi connectivity index (χ0) is 13.8. The second-order valence-corrected chi connectivity index (χ2v) is 4.80. The molecule has 0 spiro atoms. The van der Waals surface area contributed by atoms with Gasteiger partial charge in [-0.15, -0.1) is 0 Å². The Morgan fingerprint density at radius 2 is 2.32 bits per heavy atom. The largest absolute Gasteiger partial charge is 0.493 e. The van der Waals surface area contributed by atoms with Gasteiger partial charge in [-0.1, -0.05) is 6.92 Å². The number of aryl methyl sites for hydroxylation is 1. The van der Waals surface area contributed by atoms with E-state index in [9.17, 15) is 4.79 Å². The van der Waals surface area contributed by atoms with Crippen molar-refractivity contribution < 1.29 is 9.53 Å². The lowest BCUT2D eigenvalue weighted by molar-refractivity contribution is 0.102. The number of aromatic nitrogens is 3. The number of nitrogens with zero attached hydrogens (tertiary/aromatic N) is 3. The normalized spacial score (nSPS) is 10.5. The van der Waals surface area contributed by atoms with Gasteiger partial charge in [0.15, 0.2) is 11.4 Å². The van der Waals surface area contributed by atoms with Crippen LogP contribution in [0.15, 0.2) is 29.0 Å². The van der Waals surface area contributed by atoms with Crippen LogP contribution in [0.3, 0.4) is 0 Å². The van der Waals surface area contributed by atoms with Crippen LogP contribution in [-0.2, 0) is 6.54 Å². The Kier molecular flexibility index (Phi) is 4.31. The third-order valence-corrected chi connectivity index (χ3v) is 3.29. The summed E-state index contributed by atoms with van der Waals surface area (Å²) >= 11 is 3.34. The molecule has 19 heavy (non-hydrogen) atoms. The summed E-state index contributed by atoms with van der Waals surface area (Å²) in [5, 5.41) is 4.18. The van der Waals surface area contributed by atoms with E-state index in [1.54, 1.807) is 29.2 Å². The van der Waals surface area contributed by atoms with Gasteiger partial charge < -0.3 is 4.74 Å². The quantitative estimate of drug-likeness (QED) is 0.794. The van der Waals surface area contributed by atoms with Gasteiger partial charge in [0.1, 0.15) is 5.69 Å². The molecule has 0 N–H and O–H groups in total. The minimum absolute atomic E-state index is 0.199. The summed E-state index contributed by atoms with van der Waals surface area (Å²) in [5.74, 6) is 0.270. The van der Waals surface area contributed by atoms with E-state index >= 15 is 0 Å². The van der Waals surface area contributed by atoms with Crippen LogP contribution in [0.2, 0.25) is 0 Å². The number of hydrogen-bond donors (Lipinski definition) is 0. The third-order valence-electron chi connectivity index (χ3n) is 2.65. The van der Waals surface area contributed by atoms with Crippen molar-refractivity contribution in [3.8, 4) is 5.75 Å². The molecule has 2 aromatic heterocycles. The molecule has 0 atom stereocenters. The lowest BCUT2D eigenvalue weighted by Gasteiger charge is -2.07. The molecule has 0 amide bonds. The fourth-order valence-electron chi connectivity index (χ4n) is 1.79. The van der Waals surface area contributed by atoms with Crippen molar-refractivity contribution in [3.05, 3.63) is 40.4 Å². The Hall–Kier alpha value is -1.69. The van der Waals surface area contributed by atoms with Crippen LogP contribution in [0.4, 0.5) is 0 Å². The Bertz CT molecular complexity index is 595. The molecule has 0 bridgehead atoms. The number of rotatable bonds is 5. The topological polar surface area (TPSA) is 57.0 Å². The van der Waals surface area contributed by atoms with Crippen molar-refractivity contribution in [2.75, 3.05) is 7.11 Å². The Morgan fingerprint density at radius 3 is 2.95 bits per heavy atom. The minimum Gasteiger partial charge on any atom is -0.493 e. The molecule has 0 unspecified atom stereocenters. The summed E-state index contributed by atoms with van der Waals surface area (Å²) in [6.45, 7) is 2.69. The van der Waals surface area contributed by atoms with Crippen LogP contribution >= 0.6 is 15.9 Å². The van der Waals surface area contributed by atoms with Crippen molar-refractivity contribution >= 4 is 21.7 Å². The second kappa shape index (κ2) is 5.97. The Labute approximate surface area is 119 Å². The predicted octanol–water partition coefficient (Wildman–Crippen LogP) is 2.69. The highest BCUT2D eigenvalue weighted by Gasteiger charge is 2.23. The highest BCUT2D eigenvalue weighted by Crippen LogP contribution is 2.24. The zero-order valence-electron chi connectivity index (χ0n) is 10.8. The van der Waals surface area contributed by atoms with Crippen molar-refractivity contribution in [1.82, 2.24) is 14.8 Å². The van der Waals surface area contributed by atoms with E-state index in [2.05, 4.69) is 26.0 Å². The molecule has 2 rings (SSSR count). The van der Waals surface area contributed by atoms with Crippen molar-refractivity contribution in [2.24, 2.45) is 0 Å². The van der Waals surface area contributed by atoms with E-state index in [1.165, 1.54) is 7.11 Å². The maximum atomic E-state index is 12.6. The molecule has 0 saturated carbocycles. The number of halogens is 1. The van der Waals surface area contributed by atoms with Gasteiger partial charge in [0.05, 0.1) is 13.3 Å². The Morgan fingerprint density at radius 1 is 1.53 bits per heavy atom. The second-order valence-electron chi connectivity index (χ2n) is 3.95. The van der Waals surface area contributed by atoms with Gasteiger partial charge >= 0.3 is 0 Å². The summed E-state index contributed by atoms with van der Waals surface area (Å²) in [5.41, 5.74) is 0.794. The van der Waals surface area contributed by atoms with E-state index in [4.69, 9.17) is 4.74 Å². The lowest BCUT2D eigenvalue weighted by atomic mass is 10.2. The fourth-order valence-corrected chi connectivity index (χ4v) is 2.23. The van der Waals surface area contributed by atoms with Crippen LogP contribution in [0.5, 0.6) is 5.75 Å². The number of hydrogen-bond acceptors (Lipinski definition) is 4. The Balaban J connectivity index is 2.48. The lowest BCUT2D eigenvalue weighted by Crippen LogP contribution is -2.14. The first-order valence-corrected chi connectivity index (χ1v) is 6.73. The van der Waals surface area contributed by atoms with Gasteiger partial charge in [0.25, 0.3) is 0 Å². The van der Waals surface area contributed by atoms with Crippen LogP contribution in [0.25, 0.3) is 0 Å². The molecule has 0 aromatic carbocycles. The van der Waals surface area contributed by atoms with Gasteiger partial charge in [0, 0.05) is 17.2 Å².